The van der Waals surface area contributed by atoms with Crippen molar-refractivity contribution >= 4 is 16.6 Å². The highest BCUT2D eigenvalue weighted by Crippen LogP contribution is 2.27. The summed E-state index contributed by atoms with van der Waals surface area (Å²) in [5, 5.41) is 27.7. The van der Waals surface area contributed by atoms with Crippen LogP contribution in [0.25, 0.3) is 22.2 Å². The lowest BCUT2D eigenvalue weighted by Crippen LogP contribution is -2.11. The van der Waals surface area contributed by atoms with Gasteiger partial charge in [0.2, 0.25) is 0 Å². The highest BCUT2D eigenvalue weighted by Gasteiger charge is 2.14. The van der Waals surface area contributed by atoms with Crippen molar-refractivity contribution in [2.45, 2.75) is 19.4 Å². The van der Waals surface area contributed by atoms with Gasteiger partial charge < -0.3 is 10.5 Å². The molecule has 0 fully saturated rings. The lowest BCUT2D eigenvalue weighted by Gasteiger charge is -2.11. The van der Waals surface area contributed by atoms with Crippen LogP contribution in [0.3, 0.4) is 0 Å². The monoisotopic (exact) mass is 316 g/mol. The zero-order chi connectivity index (χ0) is 17.1. The fourth-order valence-electron chi connectivity index (χ4n) is 2.58. The summed E-state index contributed by atoms with van der Waals surface area (Å²) in [5.41, 5.74) is 3.46. The van der Waals surface area contributed by atoms with Gasteiger partial charge in [-0.1, -0.05) is 18.2 Å². The molecule has 0 saturated heterocycles. The number of rotatable bonds is 4. The molecule has 0 saturated carbocycles. The number of aromatic nitrogens is 2. The lowest BCUT2D eigenvalue weighted by atomic mass is 10.0. The molecule has 2 heterocycles. The summed E-state index contributed by atoms with van der Waals surface area (Å²) in [5.74, 6) is 0. The molecule has 2 aromatic heterocycles. The minimum atomic E-state index is -0.603. The Morgan fingerprint density at radius 2 is 2.12 bits per heavy atom. The molecule has 0 aliphatic carbocycles. The minimum Gasteiger partial charge on any atom is -0.393 e. The topological polar surface area (TPSA) is 93.6 Å². The Morgan fingerprint density at radius 1 is 1.29 bits per heavy atom. The second-order valence-electron chi connectivity index (χ2n) is 5.66. The van der Waals surface area contributed by atoms with Gasteiger partial charge in [-0.05, 0) is 31.2 Å². The maximum atomic E-state index is 9.54. The van der Waals surface area contributed by atoms with Crippen LogP contribution in [0, 0.1) is 16.7 Å². The molecule has 118 valence electrons. The van der Waals surface area contributed by atoms with Crippen molar-refractivity contribution in [2.75, 3.05) is 0 Å². The summed E-state index contributed by atoms with van der Waals surface area (Å²) >= 11 is 0. The van der Waals surface area contributed by atoms with E-state index in [1.54, 1.807) is 31.3 Å². The smallest absolute Gasteiger partial charge is 0.0991 e. The molecular weight excluding hydrogens is 300 g/mol. The van der Waals surface area contributed by atoms with Gasteiger partial charge in [-0.3, -0.25) is 4.98 Å². The first-order chi connectivity index (χ1) is 11.6. The van der Waals surface area contributed by atoms with Crippen LogP contribution in [0.5, 0.6) is 0 Å². The zero-order valence-corrected chi connectivity index (χ0v) is 13.2. The van der Waals surface area contributed by atoms with Gasteiger partial charge in [-0.25, -0.2) is 4.98 Å². The van der Waals surface area contributed by atoms with E-state index < -0.39 is 6.10 Å². The molecule has 1 aromatic carbocycles. The van der Waals surface area contributed by atoms with Gasteiger partial charge in [0.25, 0.3) is 0 Å². The highest BCUT2D eigenvalue weighted by atomic mass is 16.3. The maximum absolute atomic E-state index is 9.54. The van der Waals surface area contributed by atoms with Crippen molar-refractivity contribution < 1.29 is 5.11 Å². The molecule has 1 unspecified atom stereocenters. The van der Waals surface area contributed by atoms with E-state index in [1.807, 2.05) is 24.3 Å². The molecule has 1 atom stereocenters. The predicted octanol–water partition coefficient (Wildman–Crippen LogP) is 3.31. The van der Waals surface area contributed by atoms with E-state index in [-0.39, 0.29) is 12.1 Å². The third-order valence-electron chi connectivity index (χ3n) is 3.66. The molecule has 0 radical (unpaired) electrons. The van der Waals surface area contributed by atoms with Crippen LogP contribution < -0.4 is 0 Å². The van der Waals surface area contributed by atoms with Gasteiger partial charge in [0.05, 0.1) is 40.4 Å². The Hall–Kier alpha value is -3.10. The summed E-state index contributed by atoms with van der Waals surface area (Å²) < 4.78 is 0. The fraction of sp³-hybridized carbons (Fsp3) is 0.158. The van der Waals surface area contributed by atoms with Crippen LogP contribution >= 0.6 is 0 Å². The molecule has 0 bridgehead atoms. The first kappa shape index (κ1) is 15.8. The third kappa shape index (κ3) is 3.14. The number of nitrogens with one attached hydrogen (secondary N) is 1. The maximum Gasteiger partial charge on any atom is 0.0991 e. The molecule has 3 rings (SSSR count). The van der Waals surface area contributed by atoms with E-state index in [9.17, 15) is 5.11 Å². The van der Waals surface area contributed by atoms with Crippen molar-refractivity contribution in [1.82, 2.24) is 9.97 Å². The van der Waals surface area contributed by atoms with Crippen LogP contribution in [0.2, 0.25) is 0 Å². The van der Waals surface area contributed by atoms with Crippen LogP contribution in [-0.4, -0.2) is 26.9 Å². The molecule has 0 spiro atoms. The number of aliphatic hydroxyl groups is 1. The molecule has 5 nitrogen and oxygen atoms in total. The van der Waals surface area contributed by atoms with Gasteiger partial charge in [0.15, 0.2) is 0 Å². The number of nitrogens with zero attached hydrogens (tertiary/aromatic N) is 3. The summed E-state index contributed by atoms with van der Waals surface area (Å²) in [4.78, 5) is 9.00. The van der Waals surface area contributed by atoms with Crippen molar-refractivity contribution in [3.05, 3.63) is 59.9 Å². The predicted molar refractivity (Wildman–Crippen MR) is 92.8 cm³/mol. The molecule has 3 aromatic rings. The number of aliphatic hydroxyl groups excluding tert-OH is 1. The molecular formula is C19H16N4O. The number of pyridine rings is 2. The van der Waals surface area contributed by atoms with E-state index in [0.29, 0.717) is 17.0 Å². The van der Waals surface area contributed by atoms with Gasteiger partial charge in [0.1, 0.15) is 0 Å². The average Bonchev–Trinajstić information content (AvgIpc) is 2.60. The first-order valence-electron chi connectivity index (χ1n) is 7.60. The minimum absolute atomic E-state index is 0.233. The Balaban J connectivity index is 2.21. The van der Waals surface area contributed by atoms with Gasteiger partial charge in [-0.2, -0.15) is 5.26 Å². The van der Waals surface area contributed by atoms with Gasteiger partial charge in [0, 0.05) is 23.6 Å². The van der Waals surface area contributed by atoms with Crippen molar-refractivity contribution in [2.24, 2.45) is 0 Å². The summed E-state index contributed by atoms with van der Waals surface area (Å²) in [6, 6.07) is 14.9. The number of nitriles is 1. The number of hydrogen-bond acceptors (Lipinski definition) is 5. The summed E-state index contributed by atoms with van der Waals surface area (Å²) in [7, 11) is 0. The van der Waals surface area contributed by atoms with Gasteiger partial charge >= 0.3 is 0 Å². The lowest BCUT2D eigenvalue weighted by molar-refractivity contribution is 0.203. The Kier molecular flexibility index (Phi) is 4.32. The van der Waals surface area contributed by atoms with Crippen LogP contribution in [0.1, 0.15) is 24.6 Å². The van der Waals surface area contributed by atoms with E-state index in [2.05, 4.69) is 16.0 Å². The summed E-state index contributed by atoms with van der Waals surface area (Å²) in [6.45, 7) is 1.65. The fourth-order valence-corrected chi connectivity index (χ4v) is 2.58. The van der Waals surface area contributed by atoms with E-state index >= 15 is 0 Å². The molecule has 0 aliphatic heterocycles. The highest BCUT2D eigenvalue weighted by molar-refractivity contribution is 6.02. The second kappa shape index (κ2) is 6.57. The average molecular weight is 316 g/mol. The first-order valence-corrected chi connectivity index (χ1v) is 7.60. The molecule has 0 aliphatic rings. The third-order valence-corrected chi connectivity index (χ3v) is 3.66. The number of fused-ring (bicyclic) bond motifs is 1. The SMILES string of the molecule is CC(O)CC(=N)c1cc2cccnc2c(-c2cccc(C#N)c2)n1. The molecule has 24 heavy (non-hydrogen) atoms. The standard InChI is InChI=1S/C19H16N4O/c1-12(24)8-16(21)17-10-15-6-3-7-22-18(15)19(23-17)14-5-2-4-13(9-14)11-20/h2-7,9-10,12,21,24H,8H2,1H3. The quantitative estimate of drug-likeness (QED) is 0.722. The summed E-state index contributed by atoms with van der Waals surface area (Å²) in [6.07, 6.45) is 1.33. The molecule has 0 amide bonds. The van der Waals surface area contributed by atoms with Crippen LogP contribution in [0.4, 0.5) is 0 Å². The zero-order valence-electron chi connectivity index (χ0n) is 13.2. The Labute approximate surface area is 139 Å². The van der Waals surface area contributed by atoms with Crippen molar-refractivity contribution in [1.29, 1.82) is 10.7 Å². The second-order valence-corrected chi connectivity index (χ2v) is 5.66. The van der Waals surface area contributed by atoms with E-state index in [1.165, 1.54) is 0 Å². The van der Waals surface area contributed by atoms with Crippen LogP contribution in [-0.2, 0) is 0 Å². The van der Waals surface area contributed by atoms with Gasteiger partial charge in [-0.15, -0.1) is 0 Å². The Morgan fingerprint density at radius 3 is 2.88 bits per heavy atom. The van der Waals surface area contributed by atoms with Crippen LogP contribution in [0.15, 0.2) is 48.7 Å². The number of benzene rings is 1. The largest absolute Gasteiger partial charge is 0.393 e. The van der Waals surface area contributed by atoms with E-state index in [4.69, 9.17) is 10.7 Å². The molecule has 5 heteroatoms. The Bertz CT molecular complexity index is 957. The molecule has 2 N–H and O–H groups in total. The number of hydrogen-bond donors (Lipinski definition) is 2. The van der Waals surface area contributed by atoms with E-state index in [0.717, 1.165) is 16.5 Å². The van der Waals surface area contributed by atoms with Crippen molar-refractivity contribution in [3.8, 4) is 17.3 Å². The normalized spacial score (nSPS) is 11.9. The van der Waals surface area contributed by atoms with Crippen molar-refractivity contribution in [3.63, 3.8) is 0 Å².